The Morgan fingerprint density at radius 1 is 1.15 bits per heavy atom. The van der Waals surface area contributed by atoms with E-state index in [0.29, 0.717) is 28.9 Å². The van der Waals surface area contributed by atoms with Crippen LogP contribution in [0.5, 0.6) is 5.75 Å². The molecule has 4 nitrogen and oxygen atoms in total. The maximum absolute atomic E-state index is 11.8. The van der Waals surface area contributed by atoms with Gasteiger partial charge in [0.15, 0.2) is 0 Å². The molecule has 3 aromatic rings. The molecular formula is C20H17Cl2NO3. The smallest absolute Gasteiger partial charge is 0.336 e. The molecule has 4 rings (SSSR count). The Hall–Kier alpha value is -2.01. The van der Waals surface area contributed by atoms with E-state index in [1.54, 1.807) is 6.07 Å². The van der Waals surface area contributed by atoms with Gasteiger partial charge in [0.25, 0.3) is 0 Å². The molecule has 0 N–H and O–H groups in total. The van der Waals surface area contributed by atoms with Crippen molar-refractivity contribution in [2.24, 2.45) is 0 Å². The fourth-order valence-electron chi connectivity index (χ4n) is 3.28. The number of nitrogens with zero attached hydrogens (tertiary/aromatic N) is 1. The van der Waals surface area contributed by atoms with E-state index in [1.807, 2.05) is 31.2 Å². The minimum absolute atomic E-state index is 0.339. The van der Waals surface area contributed by atoms with E-state index in [4.69, 9.17) is 32.4 Å². The molecule has 0 amide bonds. The van der Waals surface area contributed by atoms with Gasteiger partial charge in [0.05, 0.1) is 5.56 Å². The van der Waals surface area contributed by atoms with Gasteiger partial charge in [-0.25, -0.2) is 4.79 Å². The predicted molar refractivity (Wildman–Crippen MR) is 103 cm³/mol. The lowest BCUT2D eigenvalue weighted by atomic mass is 10.0. The van der Waals surface area contributed by atoms with Gasteiger partial charge >= 0.3 is 5.63 Å². The highest BCUT2D eigenvalue weighted by atomic mass is 35.5. The van der Waals surface area contributed by atoms with E-state index < -0.39 is 0 Å². The van der Waals surface area contributed by atoms with Crippen LogP contribution >= 0.6 is 23.2 Å². The molecule has 0 fully saturated rings. The maximum Gasteiger partial charge on any atom is 0.336 e. The number of ether oxygens (including phenoxy) is 1. The summed E-state index contributed by atoms with van der Waals surface area (Å²) in [6, 6.07) is 10.9. The van der Waals surface area contributed by atoms with Crippen molar-refractivity contribution in [2.45, 2.75) is 19.9 Å². The predicted octanol–water partition coefficient (Wildman–Crippen LogP) is 4.80. The van der Waals surface area contributed by atoms with Gasteiger partial charge in [-0.15, -0.1) is 0 Å². The van der Waals surface area contributed by atoms with Crippen molar-refractivity contribution in [1.82, 2.24) is 4.90 Å². The van der Waals surface area contributed by atoms with Gasteiger partial charge in [0, 0.05) is 34.6 Å². The zero-order chi connectivity index (χ0) is 18.3. The molecule has 1 aliphatic heterocycles. The highest BCUT2D eigenvalue weighted by Crippen LogP contribution is 2.33. The molecule has 1 aliphatic rings. The standard InChI is InChI=1S/C20H17Cl2NO3/c1-12-8-19(24)26-20-15(12)4-5-18-16(20)10-23(11-25-18)7-6-13-2-3-14(21)9-17(13)22/h2-5,8-9H,6-7,10-11H2,1H3. The van der Waals surface area contributed by atoms with Crippen LogP contribution in [0.3, 0.4) is 0 Å². The molecule has 0 atom stereocenters. The van der Waals surface area contributed by atoms with Gasteiger partial charge in [-0.3, -0.25) is 4.90 Å². The normalized spacial score (nSPS) is 14.3. The van der Waals surface area contributed by atoms with E-state index in [9.17, 15) is 4.79 Å². The van der Waals surface area contributed by atoms with E-state index in [1.165, 1.54) is 6.07 Å². The molecule has 26 heavy (non-hydrogen) atoms. The van der Waals surface area contributed by atoms with Gasteiger partial charge in [-0.2, -0.15) is 0 Å². The summed E-state index contributed by atoms with van der Waals surface area (Å²) in [7, 11) is 0. The Bertz CT molecular complexity index is 1050. The Morgan fingerprint density at radius 2 is 2.00 bits per heavy atom. The molecule has 0 spiro atoms. The minimum Gasteiger partial charge on any atom is -0.478 e. The highest BCUT2D eigenvalue weighted by Gasteiger charge is 2.22. The summed E-state index contributed by atoms with van der Waals surface area (Å²) in [5.74, 6) is 0.770. The van der Waals surface area contributed by atoms with Crippen molar-refractivity contribution in [3.63, 3.8) is 0 Å². The number of fused-ring (bicyclic) bond motifs is 3. The van der Waals surface area contributed by atoms with Crippen molar-refractivity contribution in [1.29, 1.82) is 0 Å². The van der Waals surface area contributed by atoms with Crippen LogP contribution in [0.25, 0.3) is 11.0 Å². The van der Waals surface area contributed by atoms with Crippen molar-refractivity contribution in [3.8, 4) is 5.75 Å². The Morgan fingerprint density at radius 3 is 2.81 bits per heavy atom. The van der Waals surface area contributed by atoms with Crippen molar-refractivity contribution >= 4 is 34.2 Å². The molecule has 134 valence electrons. The fourth-order valence-corrected chi connectivity index (χ4v) is 3.79. The maximum atomic E-state index is 11.8. The summed E-state index contributed by atoms with van der Waals surface area (Å²) >= 11 is 12.2. The lowest BCUT2D eigenvalue weighted by Gasteiger charge is -2.29. The van der Waals surface area contributed by atoms with Gasteiger partial charge in [0.2, 0.25) is 0 Å². The molecule has 2 aromatic carbocycles. The topological polar surface area (TPSA) is 42.7 Å². The summed E-state index contributed by atoms with van der Waals surface area (Å²) in [6.07, 6.45) is 0.780. The quantitative estimate of drug-likeness (QED) is 0.603. The second-order valence-corrected chi connectivity index (χ2v) is 7.32. The van der Waals surface area contributed by atoms with E-state index in [2.05, 4.69) is 4.90 Å². The van der Waals surface area contributed by atoms with E-state index in [0.717, 1.165) is 40.8 Å². The summed E-state index contributed by atoms with van der Waals surface area (Å²) < 4.78 is 11.4. The number of aryl methyl sites for hydroxylation is 1. The third-order valence-electron chi connectivity index (χ3n) is 4.68. The molecule has 0 bridgehead atoms. The van der Waals surface area contributed by atoms with Crippen LogP contribution in [0.1, 0.15) is 16.7 Å². The van der Waals surface area contributed by atoms with Crippen molar-refractivity contribution < 1.29 is 9.15 Å². The fraction of sp³-hybridized carbons (Fsp3) is 0.250. The van der Waals surface area contributed by atoms with Gasteiger partial charge < -0.3 is 9.15 Å². The summed E-state index contributed by atoms with van der Waals surface area (Å²) in [6.45, 7) is 3.83. The summed E-state index contributed by atoms with van der Waals surface area (Å²) in [5.41, 5.74) is 3.14. The second-order valence-electron chi connectivity index (χ2n) is 6.48. The third-order valence-corrected chi connectivity index (χ3v) is 5.26. The first-order chi connectivity index (χ1) is 12.5. The van der Waals surface area contributed by atoms with Crippen LogP contribution in [0.2, 0.25) is 10.0 Å². The van der Waals surface area contributed by atoms with Crippen molar-refractivity contribution in [3.05, 3.63) is 73.6 Å². The van der Waals surface area contributed by atoms with Gasteiger partial charge in [0.1, 0.15) is 18.1 Å². The first-order valence-corrected chi connectivity index (χ1v) is 9.12. The van der Waals surface area contributed by atoms with Crippen LogP contribution in [0.4, 0.5) is 0 Å². The van der Waals surface area contributed by atoms with Gasteiger partial charge in [-0.05, 0) is 48.7 Å². The van der Waals surface area contributed by atoms with Crippen LogP contribution in [0.15, 0.2) is 45.6 Å². The Balaban J connectivity index is 1.59. The SMILES string of the molecule is Cc1cc(=O)oc2c3c(ccc12)OCN(CCc1ccc(Cl)cc1Cl)C3. The van der Waals surface area contributed by atoms with E-state index >= 15 is 0 Å². The first kappa shape index (κ1) is 17.4. The lowest BCUT2D eigenvalue weighted by Crippen LogP contribution is -2.33. The average Bonchev–Trinajstić information content (AvgIpc) is 2.60. The van der Waals surface area contributed by atoms with Crippen LogP contribution < -0.4 is 10.4 Å². The number of rotatable bonds is 3. The van der Waals surface area contributed by atoms with Crippen molar-refractivity contribution in [2.75, 3.05) is 13.3 Å². The molecular weight excluding hydrogens is 373 g/mol. The monoisotopic (exact) mass is 389 g/mol. The second kappa shape index (κ2) is 6.95. The Kier molecular flexibility index (Phi) is 4.65. The molecule has 1 aromatic heterocycles. The number of hydrogen-bond donors (Lipinski definition) is 0. The first-order valence-electron chi connectivity index (χ1n) is 8.36. The number of hydrogen-bond acceptors (Lipinski definition) is 4. The Labute approximate surface area is 160 Å². The molecule has 0 radical (unpaired) electrons. The molecule has 0 saturated carbocycles. The van der Waals surface area contributed by atoms with Crippen LogP contribution in [-0.2, 0) is 13.0 Å². The molecule has 0 aliphatic carbocycles. The summed E-state index contributed by atoms with van der Waals surface area (Å²) in [5, 5.41) is 2.24. The number of benzene rings is 2. The molecule has 0 saturated heterocycles. The third kappa shape index (κ3) is 3.32. The van der Waals surface area contributed by atoms with E-state index in [-0.39, 0.29) is 5.63 Å². The molecule has 6 heteroatoms. The molecule has 2 heterocycles. The van der Waals surface area contributed by atoms with Gasteiger partial charge in [-0.1, -0.05) is 29.3 Å². The lowest BCUT2D eigenvalue weighted by molar-refractivity contribution is 0.0968. The van der Waals surface area contributed by atoms with Crippen LogP contribution in [-0.4, -0.2) is 18.2 Å². The van der Waals surface area contributed by atoms with Crippen LogP contribution in [0, 0.1) is 6.92 Å². The summed E-state index contributed by atoms with van der Waals surface area (Å²) in [4.78, 5) is 14.0. The minimum atomic E-state index is -0.339. The number of halogens is 2. The molecule has 0 unspecified atom stereocenters. The zero-order valence-corrected chi connectivity index (χ0v) is 15.7. The zero-order valence-electron chi connectivity index (χ0n) is 14.2. The average molecular weight is 390 g/mol. The largest absolute Gasteiger partial charge is 0.478 e. The highest BCUT2D eigenvalue weighted by molar-refractivity contribution is 6.35.